The molecule has 3 nitrogen and oxygen atoms in total. The van der Waals surface area contributed by atoms with Crippen molar-refractivity contribution in [2.75, 3.05) is 20.2 Å². The highest BCUT2D eigenvalue weighted by Gasteiger charge is 2.37. The third kappa shape index (κ3) is 3.78. The molecule has 1 aromatic carbocycles. The number of hydrogen-bond acceptors (Lipinski definition) is 3. The van der Waals surface area contributed by atoms with E-state index in [9.17, 15) is 0 Å². The van der Waals surface area contributed by atoms with Crippen LogP contribution in [-0.2, 0) is 0 Å². The summed E-state index contributed by atoms with van der Waals surface area (Å²) in [5.74, 6) is 0.992. The van der Waals surface area contributed by atoms with E-state index in [0.29, 0.717) is 0 Å². The van der Waals surface area contributed by atoms with Crippen LogP contribution in [0.15, 0.2) is 30.3 Å². The Morgan fingerprint density at radius 1 is 1.14 bits per heavy atom. The number of rotatable bonds is 6. The van der Waals surface area contributed by atoms with Gasteiger partial charge >= 0.3 is 0 Å². The summed E-state index contributed by atoms with van der Waals surface area (Å²) in [6.45, 7) is 2.02. The molecule has 0 radical (unpaired) electrons. The van der Waals surface area contributed by atoms with Crippen LogP contribution in [0.25, 0.3) is 0 Å². The minimum absolute atomic E-state index is 0.733. The van der Waals surface area contributed by atoms with Gasteiger partial charge in [-0.05, 0) is 51.3 Å². The molecule has 2 fully saturated rings. The van der Waals surface area contributed by atoms with Crippen LogP contribution in [0.1, 0.15) is 38.5 Å². The van der Waals surface area contributed by atoms with Crippen molar-refractivity contribution < 1.29 is 4.74 Å². The lowest BCUT2D eigenvalue weighted by atomic mass is 9.81. The van der Waals surface area contributed by atoms with E-state index in [1.165, 1.54) is 38.6 Å². The Kier molecular flexibility index (Phi) is 5.15. The Morgan fingerprint density at radius 3 is 2.52 bits per heavy atom. The van der Waals surface area contributed by atoms with Crippen molar-refractivity contribution in [3.8, 4) is 5.75 Å². The first-order valence-corrected chi connectivity index (χ1v) is 8.47. The lowest BCUT2D eigenvalue weighted by Crippen LogP contribution is -2.56. The Morgan fingerprint density at radius 2 is 1.86 bits per heavy atom. The third-order valence-electron chi connectivity index (χ3n) is 5.11. The molecule has 0 aromatic heterocycles. The molecule has 3 rings (SSSR count). The van der Waals surface area contributed by atoms with Gasteiger partial charge in [0.05, 0.1) is 6.61 Å². The molecule has 116 valence electrons. The quantitative estimate of drug-likeness (QED) is 0.814. The highest BCUT2D eigenvalue weighted by Crippen LogP contribution is 2.33. The minimum atomic E-state index is 0.733. The number of nitrogens with zero attached hydrogens (tertiary/aromatic N) is 1. The molecule has 21 heavy (non-hydrogen) atoms. The highest BCUT2D eigenvalue weighted by atomic mass is 16.5. The molecule has 2 unspecified atom stereocenters. The summed E-state index contributed by atoms with van der Waals surface area (Å²) in [6.07, 6.45) is 7.97. The fourth-order valence-corrected chi connectivity index (χ4v) is 4.03. The maximum atomic E-state index is 5.82. The summed E-state index contributed by atoms with van der Waals surface area (Å²) in [6, 6.07) is 12.5. The molecule has 0 amide bonds. The zero-order chi connectivity index (χ0) is 14.5. The van der Waals surface area contributed by atoms with Gasteiger partial charge < -0.3 is 10.1 Å². The molecular formula is C18H28N2O. The van der Waals surface area contributed by atoms with Gasteiger partial charge in [0, 0.05) is 24.7 Å². The average Bonchev–Trinajstić information content (AvgIpc) is 2.52. The van der Waals surface area contributed by atoms with Gasteiger partial charge in [-0.1, -0.05) is 24.6 Å². The number of hydrogen-bond donors (Lipinski definition) is 1. The monoisotopic (exact) mass is 288 g/mol. The largest absolute Gasteiger partial charge is 0.494 e. The number of piperidine rings is 2. The van der Waals surface area contributed by atoms with Gasteiger partial charge in [-0.3, -0.25) is 4.90 Å². The first-order valence-electron chi connectivity index (χ1n) is 8.47. The standard InChI is InChI=1S/C18H28N2O/c1-19-15-13-16-7-5-8-17(14-15)20(16)11-6-12-21-18-9-3-2-4-10-18/h2-4,9-10,15-17,19H,5-8,11-14H2,1H3. The van der Waals surface area contributed by atoms with Crippen LogP contribution in [0.2, 0.25) is 0 Å². The van der Waals surface area contributed by atoms with E-state index in [1.807, 2.05) is 30.3 Å². The molecule has 2 atom stereocenters. The van der Waals surface area contributed by atoms with Crippen LogP contribution in [0.5, 0.6) is 5.75 Å². The second-order valence-electron chi connectivity index (χ2n) is 6.45. The fraction of sp³-hybridized carbons (Fsp3) is 0.667. The molecule has 1 N–H and O–H groups in total. The van der Waals surface area contributed by atoms with Crippen molar-refractivity contribution in [1.29, 1.82) is 0 Å². The van der Waals surface area contributed by atoms with E-state index in [2.05, 4.69) is 17.3 Å². The van der Waals surface area contributed by atoms with Gasteiger partial charge in [0.2, 0.25) is 0 Å². The summed E-state index contributed by atoms with van der Waals surface area (Å²) < 4.78 is 5.82. The zero-order valence-corrected chi connectivity index (χ0v) is 13.1. The van der Waals surface area contributed by atoms with Crippen molar-refractivity contribution in [2.45, 2.75) is 56.7 Å². The lowest BCUT2D eigenvalue weighted by Gasteiger charge is -2.49. The molecule has 0 aliphatic carbocycles. The van der Waals surface area contributed by atoms with Crippen molar-refractivity contribution in [3.63, 3.8) is 0 Å². The molecule has 0 saturated carbocycles. The molecule has 0 spiro atoms. The van der Waals surface area contributed by atoms with Crippen molar-refractivity contribution in [2.24, 2.45) is 0 Å². The molecule has 2 heterocycles. The van der Waals surface area contributed by atoms with Crippen LogP contribution in [0.3, 0.4) is 0 Å². The molecule has 2 bridgehead atoms. The first-order chi connectivity index (χ1) is 10.4. The van der Waals surface area contributed by atoms with Crippen molar-refractivity contribution in [3.05, 3.63) is 30.3 Å². The second-order valence-corrected chi connectivity index (χ2v) is 6.45. The number of para-hydroxylation sites is 1. The van der Waals surface area contributed by atoms with E-state index in [-0.39, 0.29) is 0 Å². The normalized spacial score (nSPS) is 29.3. The maximum Gasteiger partial charge on any atom is 0.119 e. The molecule has 2 aliphatic heterocycles. The van der Waals surface area contributed by atoms with Crippen molar-refractivity contribution >= 4 is 0 Å². The predicted molar refractivity (Wildman–Crippen MR) is 86.8 cm³/mol. The SMILES string of the molecule is CNC1CC2CCCC(C1)N2CCCOc1ccccc1. The average molecular weight is 288 g/mol. The van der Waals surface area contributed by atoms with Gasteiger partial charge in [-0.25, -0.2) is 0 Å². The maximum absolute atomic E-state index is 5.82. The van der Waals surface area contributed by atoms with E-state index in [0.717, 1.165) is 36.9 Å². The van der Waals surface area contributed by atoms with Gasteiger partial charge in [0.15, 0.2) is 0 Å². The van der Waals surface area contributed by atoms with Crippen LogP contribution in [-0.4, -0.2) is 43.2 Å². The summed E-state index contributed by atoms with van der Waals surface area (Å²) in [7, 11) is 2.11. The van der Waals surface area contributed by atoms with Crippen LogP contribution < -0.4 is 10.1 Å². The van der Waals surface area contributed by atoms with Gasteiger partial charge in [-0.2, -0.15) is 0 Å². The second kappa shape index (κ2) is 7.28. The number of fused-ring (bicyclic) bond motifs is 2. The summed E-state index contributed by atoms with van der Waals surface area (Å²) in [4.78, 5) is 2.77. The molecule has 1 aromatic rings. The molecule has 3 heteroatoms. The summed E-state index contributed by atoms with van der Waals surface area (Å²) in [5, 5.41) is 3.49. The van der Waals surface area contributed by atoms with Crippen LogP contribution in [0.4, 0.5) is 0 Å². The van der Waals surface area contributed by atoms with E-state index in [1.54, 1.807) is 0 Å². The lowest BCUT2D eigenvalue weighted by molar-refractivity contribution is 0.0225. The summed E-state index contributed by atoms with van der Waals surface area (Å²) in [5.41, 5.74) is 0. The third-order valence-corrected chi connectivity index (χ3v) is 5.11. The topological polar surface area (TPSA) is 24.5 Å². The van der Waals surface area contributed by atoms with Crippen molar-refractivity contribution in [1.82, 2.24) is 10.2 Å². The smallest absolute Gasteiger partial charge is 0.119 e. The fourth-order valence-electron chi connectivity index (χ4n) is 4.03. The van der Waals surface area contributed by atoms with E-state index < -0.39 is 0 Å². The van der Waals surface area contributed by atoms with E-state index >= 15 is 0 Å². The minimum Gasteiger partial charge on any atom is -0.494 e. The Bertz CT molecular complexity index is 408. The van der Waals surface area contributed by atoms with Crippen LogP contribution >= 0.6 is 0 Å². The highest BCUT2D eigenvalue weighted by molar-refractivity contribution is 5.20. The first kappa shape index (κ1) is 14.9. The van der Waals surface area contributed by atoms with E-state index in [4.69, 9.17) is 4.74 Å². The molecule has 2 aliphatic rings. The predicted octanol–water partition coefficient (Wildman–Crippen LogP) is 3.06. The van der Waals surface area contributed by atoms with Gasteiger partial charge in [-0.15, -0.1) is 0 Å². The molecular weight excluding hydrogens is 260 g/mol. The number of benzene rings is 1. The van der Waals surface area contributed by atoms with Crippen LogP contribution in [0, 0.1) is 0 Å². The Balaban J connectivity index is 1.44. The number of ether oxygens (including phenoxy) is 1. The van der Waals surface area contributed by atoms with Gasteiger partial charge in [0.1, 0.15) is 5.75 Å². The summed E-state index contributed by atoms with van der Waals surface area (Å²) >= 11 is 0. The zero-order valence-electron chi connectivity index (χ0n) is 13.1. The Hall–Kier alpha value is -1.06. The van der Waals surface area contributed by atoms with Gasteiger partial charge in [0.25, 0.3) is 0 Å². The molecule has 2 saturated heterocycles. The number of nitrogens with one attached hydrogen (secondary N) is 1. The Labute approximate surface area is 128 Å².